The lowest BCUT2D eigenvalue weighted by Crippen LogP contribution is -2.45. The maximum Gasteiger partial charge on any atom is 0.308 e. The number of aliphatic hydroxyl groups is 1. The van der Waals surface area contributed by atoms with Crippen LogP contribution < -0.4 is 0 Å². The normalized spacial score (nSPS) is 33.3. The van der Waals surface area contributed by atoms with Crippen molar-refractivity contribution in [1.29, 1.82) is 0 Å². The first-order valence-electron chi connectivity index (χ1n) is 14.4. The maximum atomic E-state index is 13.3. The summed E-state index contributed by atoms with van der Waals surface area (Å²) in [7, 11) is 1.42. The molecule has 1 N–H and O–H groups in total. The van der Waals surface area contributed by atoms with Crippen molar-refractivity contribution in [2.24, 2.45) is 23.2 Å². The highest BCUT2D eigenvalue weighted by Gasteiger charge is 2.56. The molecule has 202 valence electrons. The van der Waals surface area contributed by atoms with Crippen LogP contribution in [0.15, 0.2) is 47.1 Å². The van der Waals surface area contributed by atoms with Gasteiger partial charge in [0.05, 0.1) is 19.1 Å². The number of likely N-dealkylation sites (tertiary alicyclic amines) is 1. The molecule has 5 aliphatic rings. The molecule has 4 aliphatic carbocycles. The number of aliphatic hydroxyl groups excluding tert-OH is 1. The molecule has 0 bridgehead atoms. The van der Waals surface area contributed by atoms with Gasteiger partial charge < -0.3 is 14.7 Å². The first kappa shape index (κ1) is 25.5. The van der Waals surface area contributed by atoms with Crippen molar-refractivity contribution < 1.29 is 24.2 Å². The second-order valence-electron chi connectivity index (χ2n) is 12.4. The molecule has 1 heterocycles. The zero-order chi connectivity index (χ0) is 26.6. The number of benzene rings is 1. The number of allylic oxidation sites excluding steroid dienone is 4. The molecule has 1 aromatic carbocycles. The molecule has 1 amide bonds. The molecule has 1 saturated heterocycles. The number of carbonyl (C=O) groups excluding carboxylic acids is 3. The van der Waals surface area contributed by atoms with Gasteiger partial charge in [-0.2, -0.15) is 0 Å². The van der Waals surface area contributed by atoms with E-state index in [4.69, 9.17) is 4.74 Å². The molecular formula is C32H39NO5. The number of fused-ring (bicyclic) bond motifs is 4. The topological polar surface area (TPSA) is 83.9 Å². The summed E-state index contributed by atoms with van der Waals surface area (Å²) in [6, 6.07) is 8.13. The second kappa shape index (κ2) is 9.78. The molecule has 1 aliphatic heterocycles. The number of amides is 1. The summed E-state index contributed by atoms with van der Waals surface area (Å²) in [6.45, 7) is 3.41. The van der Waals surface area contributed by atoms with Crippen molar-refractivity contribution in [3.05, 3.63) is 58.2 Å². The molecule has 6 rings (SSSR count). The van der Waals surface area contributed by atoms with E-state index in [9.17, 15) is 19.5 Å². The summed E-state index contributed by atoms with van der Waals surface area (Å²) in [5.41, 5.74) is 5.92. The molecule has 6 heteroatoms. The van der Waals surface area contributed by atoms with Gasteiger partial charge in [0.15, 0.2) is 5.78 Å². The third-order valence-corrected chi connectivity index (χ3v) is 10.6. The van der Waals surface area contributed by atoms with Crippen LogP contribution in [0.3, 0.4) is 0 Å². The van der Waals surface area contributed by atoms with Crippen LogP contribution >= 0.6 is 0 Å². The highest BCUT2D eigenvalue weighted by molar-refractivity contribution is 5.94. The largest absolute Gasteiger partial charge is 0.469 e. The van der Waals surface area contributed by atoms with Gasteiger partial charge in [-0.05, 0) is 104 Å². The van der Waals surface area contributed by atoms with Crippen LogP contribution in [0, 0.1) is 23.2 Å². The van der Waals surface area contributed by atoms with E-state index in [1.54, 1.807) is 0 Å². The molecule has 1 aromatic rings. The number of rotatable bonds is 3. The number of ketones is 1. The minimum Gasteiger partial charge on any atom is -0.469 e. The van der Waals surface area contributed by atoms with Crippen molar-refractivity contribution in [3.8, 4) is 0 Å². The lowest BCUT2D eigenvalue weighted by Gasteiger charge is -2.52. The van der Waals surface area contributed by atoms with Gasteiger partial charge >= 0.3 is 5.97 Å². The standard InChI is InChI=1S/C32H39NO5/c1-32-18-26(19-3-5-20(6-4-19)30(36)33-15-13-21(14-16-33)31(37)38-2)29-24-10-8-23(34)17-22(24)7-9-25(29)27(32)11-12-28(32)35/h3-6,17,21,25-28,35H,7-16,18H2,1-2H3/t25?,26?,27-,28?,32-/m0/s1. The van der Waals surface area contributed by atoms with Gasteiger partial charge in [-0.15, -0.1) is 0 Å². The summed E-state index contributed by atoms with van der Waals surface area (Å²) in [4.78, 5) is 39.2. The quantitative estimate of drug-likeness (QED) is 0.572. The van der Waals surface area contributed by atoms with Gasteiger partial charge in [0.2, 0.25) is 0 Å². The van der Waals surface area contributed by atoms with Crippen LogP contribution in [0.1, 0.15) is 86.6 Å². The van der Waals surface area contributed by atoms with E-state index in [0.29, 0.717) is 49.8 Å². The predicted octanol–water partition coefficient (Wildman–Crippen LogP) is 4.97. The Hall–Kier alpha value is -2.73. The SMILES string of the molecule is COC(=O)C1CCN(C(=O)c2ccc(C3C[C@]4(C)C(O)CC[C@H]4C4CCC5=CC(=O)CCC5=C34)cc2)CC1. The molecule has 6 nitrogen and oxygen atoms in total. The highest BCUT2D eigenvalue weighted by Crippen LogP contribution is 2.63. The van der Waals surface area contributed by atoms with Crippen molar-refractivity contribution >= 4 is 17.7 Å². The Morgan fingerprint density at radius 1 is 1.00 bits per heavy atom. The Kier molecular flexibility index (Phi) is 6.58. The number of carbonyl (C=O) groups is 3. The summed E-state index contributed by atoms with van der Waals surface area (Å²) in [5, 5.41) is 11.1. The molecular weight excluding hydrogens is 478 g/mol. The molecule has 5 atom stereocenters. The van der Waals surface area contributed by atoms with Gasteiger partial charge in [-0.1, -0.05) is 24.6 Å². The Labute approximate surface area is 225 Å². The Balaban J connectivity index is 1.29. The second-order valence-corrected chi connectivity index (χ2v) is 12.4. The van der Waals surface area contributed by atoms with Gasteiger partial charge in [0.1, 0.15) is 0 Å². The van der Waals surface area contributed by atoms with Crippen LogP contribution in [0.4, 0.5) is 0 Å². The predicted molar refractivity (Wildman–Crippen MR) is 143 cm³/mol. The number of esters is 1. The summed E-state index contributed by atoms with van der Waals surface area (Å²) in [6.07, 6.45) is 9.17. The number of ether oxygens (including phenoxy) is 1. The zero-order valence-electron chi connectivity index (χ0n) is 22.6. The third-order valence-electron chi connectivity index (χ3n) is 10.6. The minimum absolute atomic E-state index is 0.00957. The first-order chi connectivity index (χ1) is 18.3. The smallest absolute Gasteiger partial charge is 0.308 e. The van der Waals surface area contributed by atoms with Crippen molar-refractivity contribution in [2.45, 2.75) is 76.7 Å². The van der Waals surface area contributed by atoms with E-state index in [1.165, 1.54) is 29.4 Å². The van der Waals surface area contributed by atoms with E-state index >= 15 is 0 Å². The average molecular weight is 518 g/mol. The molecule has 2 saturated carbocycles. The molecule has 0 aromatic heterocycles. The summed E-state index contributed by atoms with van der Waals surface area (Å²) >= 11 is 0. The minimum atomic E-state index is -0.278. The molecule has 0 spiro atoms. The maximum absolute atomic E-state index is 13.3. The van der Waals surface area contributed by atoms with Crippen LogP contribution in [-0.2, 0) is 14.3 Å². The van der Waals surface area contributed by atoms with E-state index in [2.05, 4.69) is 19.1 Å². The zero-order valence-corrected chi connectivity index (χ0v) is 22.6. The Morgan fingerprint density at radius 3 is 2.45 bits per heavy atom. The Bertz CT molecular complexity index is 1200. The van der Waals surface area contributed by atoms with Crippen molar-refractivity contribution in [3.63, 3.8) is 0 Å². The third kappa shape index (κ3) is 4.16. The number of piperidine rings is 1. The van der Waals surface area contributed by atoms with Crippen molar-refractivity contribution in [2.75, 3.05) is 20.2 Å². The van der Waals surface area contributed by atoms with Gasteiger partial charge in [0, 0.05) is 31.0 Å². The van der Waals surface area contributed by atoms with Crippen LogP contribution in [-0.4, -0.2) is 54.0 Å². The van der Waals surface area contributed by atoms with Crippen LogP contribution in [0.2, 0.25) is 0 Å². The Morgan fingerprint density at radius 2 is 1.74 bits per heavy atom. The fraction of sp³-hybridized carbons (Fsp3) is 0.594. The van der Waals surface area contributed by atoms with E-state index in [-0.39, 0.29) is 41.0 Å². The van der Waals surface area contributed by atoms with Gasteiger partial charge in [0.25, 0.3) is 5.91 Å². The molecule has 3 fully saturated rings. The highest BCUT2D eigenvalue weighted by atomic mass is 16.5. The number of hydrogen-bond donors (Lipinski definition) is 1. The fourth-order valence-corrected chi connectivity index (χ4v) is 8.46. The van der Waals surface area contributed by atoms with E-state index in [1.807, 2.05) is 23.1 Å². The summed E-state index contributed by atoms with van der Waals surface area (Å²) in [5.74, 6) is 1.08. The first-order valence-corrected chi connectivity index (χ1v) is 14.4. The molecule has 3 unspecified atom stereocenters. The lowest BCUT2D eigenvalue weighted by molar-refractivity contribution is -0.146. The van der Waals surface area contributed by atoms with Crippen LogP contribution in [0.5, 0.6) is 0 Å². The van der Waals surface area contributed by atoms with Gasteiger partial charge in [-0.3, -0.25) is 14.4 Å². The average Bonchev–Trinajstić information content (AvgIpc) is 3.25. The lowest BCUT2D eigenvalue weighted by atomic mass is 9.53. The molecule has 0 radical (unpaired) electrons. The number of hydrogen-bond acceptors (Lipinski definition) is 5. The number of nitrogens with zero attached hydrogens (tertiary/aromatic N) is 1. The van der Waals surface area contributed by atoms with Gasteiger partial charge in [-0.25, -0.2) is 0 Å². The molecule has 38 heavy (non-hydrogen) atoms. The van der Waals surface area contributed by atoms with E-state index < -0.39 is 0 Å². The number of methoxy groups -OCH3 is 1. The van der Waals surface area contributed by atoms with Crippen LogP contribution in [0.25, 0.3) is 0 Å². The monoisotopic (exact) mass is 517 g/mol. The van der Waals surface area contributed by atoms with E-state index in [0.717, 1.165) is 38.5 Å². The van der Waals surface area contributed by atoms with Crippen molar-refractivity contribution in [1.82, 2.24) is 4.90 Å². The fourth-order valence-electron chi connectivity index (χ4n) is 8.46. The summed E-state index contributed by atoms with van der Waals surface area (Å²) < 4.78 is 4.87.